The third kappa shape index (κ3) is 3.15. The van der Waals surface area contributed by atoms with Crippen LogP contribution in [0.5, 0.6) is 0 Å². The summed E-state index contributed by atoms with van der Waals surface area (Å²) < 4.78 is 12.8. The molecule has 0 saturated heterocycles. The van der Waals surface area contributed by atoms with Gasteiger partial charge in [-0.05, 0) is 23.8 Å². The maximum absolute atomic E-state index is 12.8. The second kappa shape index (κ2) is 6.57. The van der Waals surface area contributed by atoms with E-state index in [2.05, 4.69) is 10.3 Å². The molecule has 1 aromatic carbocycles. The van der Waals surface area contributed by atoms with Crippen molar-refractivity contribution in [1.82, 2.24) is 15.2 Å². The molecule has 0 aliphatic carbocycles. The second-order valence-corrected chi connectivity index (χ2v) is 5.34. The lowest BCUT2D eigenvalue weighted by Crippen LogP contribution is -2.34. The first kappa shape index (κ1) is 15.8. The molecule has 2 heterocycles. The number of carbonyl (C=O) groups is 3. The molecule has 3 amide bonds. The fourth-order valence-corrected chi connectivity index (χ4v) is 2.44. The summed E-state index contributed by atoms with van der Waals surface area (Å²) in [6.07, 6.45) is 2.80. The van der Waals surface area contributed by atoms with E-state index in [0.717, 1.165) is 10.5 Å². The zero-order valence-electron chi connectivity index (χ0n) is 12.7. The van der Waals surface area contributed by atoms with E-state index in [-0.39, 0.29) is 36.8 Å². The van der Waals surface area contributed by atoms with E-state index in [1.807, 2.05) is 0 Å². The standard InChI is InChI=1S/C17H14FN3O3/c18-12-3-1-11(2-4-12)9-20-15(22)6-8-21-16(23)13-5-7-19-10-14(13)17(21)24/h1-5,7,10H,6,8-9H2,(H,20,22). The number of fused-ring (bicyclic) bond motifs is 1. The lowest BCUT2D eigenvalue weighted by Gasteiger charge is -2.13. The molecule has 7 heteroatoms. The van der Waals surface area contributed by atoms with Crippen LogP contribution in [0.1, 0.15) is 32.7 Å². The second-order valence-electron chi connectivity index (χ2n) is 5.34. The summed E-state index contributed by atoms with van der Waals surface area (Å²) in [4.78, 5) is 41.0. The van der Waals surface area contributed by atoms with Crippen molar-refractivity contribution >= 4 is 17.7 Å². The molecule has 122 valence electrons. The first-order valence-corrected chi connectivity index (χ1v) is 7.37. The predicted molar refractivity (Wildman–Crippen MR) is 82.5 cm³/mol. The number of halogens is 1. The third-order valence-corrected chi connectivity index (χ3v) is 3.74. The average molecular weight is 327 g/mol. The predicted octanol–water partition coefficient (Wildman–Crippen LogP) is 1.52. The Bertz CT molecular complexity index is 770. The molecule has 0 radical (unpaired) electrons. The Morgan fingerprint density at radius 2 is 1.79 bits per heavy atom. The van der Waals surface area contributed by atoms with Crippen LogP contribution in [-0.2, 0) is 11.3 Å². The minimum Gasteiger partial charge on any atom is -0.352 e. The number of amides is 3. The van der Waals surface area contributed by atoms with Crippen LogP contribution >= 0.6 is 0 Å². The Morgan fingerprint density at radius 3 is 2.50 bits per heavy atom. The fraction of sp³-hybridized carbons (Fsp3) is 0.176. The Labute approximate surface area is 137 Å². The minimum atomic E-state index is -0.436. The summed E-state index contributed by atoms with van der Waals surface area (Å²) in [6.45, 7) is 0.257. The van der Waals surface area contributed by atoms with Gasteiger partial charge in [-0.3, -0.25) is 24.3 Å². The molecule has 1 aliphatic rings. The fourth-order valence-electron chi connectivity index (χ4n) is 2.44. The van der Waals surface area contributed by atoms with E-state index in [0.29, 0.717) is 5.56 Å². The molecule has 0 spiro atoms. The number of rotatable bonds is 5. The quantitative estimate of drug-likeness (QED) is 0.845. The monoisotopic (exact) mass is 327 g/mol. The number of hydrogen-bond acceptors (Lipinski definition) is 4. The maximum atomic E-state index is 12.8. The van der Waals surface area contributed by atoms with Crippen LogP contribution in [0.15, 0.2) is 42.7 Å². The first-order valence-electron chi connectivity index (χ1n) is 7.37. The van der Waals surface area contributed by atoms with Gasteiger partial charge in [0.05, 0.1) is 11.1 Å². The van der Waals surface area contributed by atoms with Crippen LogP contribution in [0.4, 0.5) is 4.39 Å². The van der Waals surface area contributed by atoms with Crippen molar-refractivity contribution in [1.29, 1.82) is 0 Å². The molecule has 1 aliphatic heterocycles. The van der Waals surface area contributed by atoms with Crippen molar-refractivity contribution in [3.63, 3.8) is 0 Å². The van der Waals surface area contributed by atoms with Crippen molar-refractivity contribution in [2.24, 2.45) is 0 Å². The summed E-state index contributed by atoms with van der Waals surface area (Å²) >= 11 is 0. The van der Waals surface area contributed by atoms with Gasteiger partial charge in [0.2, 0.25) is 5.91 Å². The summed E-state index contributed by atoms with van der Waals surface area (Å²) in [5.74, 6) is -1.49. The summed E-state index contributed by atoms with van der Waals surface area (Å²) in [7, 11) is 0. The van der Waals surface area contributed by atoms with Gasteiger partial charge in [0, 0.05) is 31.9 Å². The van der Waals surface area contributed by atoms with Gasteiger partial charge >= 0.3 is 0 Å². The van der Waals surface area contributed by atoms with Gasteiger partial charge in [0.1, 0.15) is 5.82 Å². The number of hydrogen-bond donors (Lipinski definition) is 1. The number of carbonyl (C=O) groups excluding carboxylic acids is 3. The van der Waals surface area contributed by atoms with Gasteiger partial charge in [0.15, 0.2) is 0 Å². The zero-order valence-corrected chi connectivity index (χ0v) is 12.7. The van der Waals surface area contributed by atoms with Crippen LogP contribution in [-0.4, -0.2) is 34.2 Å². The van der Waals surface area contributed by atoms with E-state index >= 15 is 0 Å². The molecule has 0 saturated carbocycles. The molecular weight excluding hydrogens is 313 g/mol. The largest absolute Gasteiger partial charge is 0.352 e. The van der Waals surface area contributed by atoms with Gasteiger partial charge in [-0.25, -0.2) is 4.39 Å². The van der Waals surface area contributed by atoms with E-state index in [9.17, 15) is 18.8 Å². The lowest BCUT2D eigenvalue weighted by molar-refractivity contribution is -0.121. The van der Waals surface area contributed by atoms with Crippen LogP contribution in [0.2, 0.25) is 0 Å². The van der Waals surface area contributed by atoms with Crippen molar-refractivity contribution in [2.75, 3.05) is 6.54 Å². The van der Waals surface area contributed by atoms with Crippen LogP contribution in [0.3, 0.4) is 0 Å². The minimum absolute atomic E-state index is 0.0000911. The van der Waals surface area contributed by atoms with Gasteiger partial charge < -0.3 is 5.32 Å². The van der Waals surface area contributed by atoms with Crippen molar-refractivity contribution in [2.45, 2.75) is 13.0 Å². The molecule has 1 aromatic heterocycles. The highest BCUT2D eigenvalue weighted by Gasteiger charge is 2.35. The van der Waals surface area contributed by atoms with Crippen LogP contribution in [0.25, 0.3) is 0 Å². The molecule has 3 rings (SSSR count). The molecule has 0 fully saturated rings. The molecular formula is C17H14FN3O3. The van der Waals surface area contributed by atoms with E-state index in [1.165, 1.54) is 30.6 Å². The Kier molecular flexibility index (Phi) is 4.33. The molecule has 0 atom stereocenters. The lowest BCUT2D eigenvalue weighted by atomic mass is 10.2. The summed E-state index contributed by atoms with van der Waals surface area (Å²) in [5.41, 5.74) is 1.33. The van der Waals surface area contributed by atoms with Crippen molar-refractivity contribution in [3.05, 3.63) is 65.2 Å². The van der Waals surface area contributed by atoms with Gasteiger partial charge in [0.25, 0.3) is 11.8 Å². The molecule has 6 nitrogen and oxygen atoms in total. The van der Waals surface area contributed by atoms with Gasteiger partial charge in [-0.2, -0.15) is 0 Å². The highest BCUT2D eigenvalue weighted by molar-refractivity contribution is 6.21. The summed E-state index contributed by atoms with van der Waals surface area (Å²) in [6, 6.07) is 7.27. The molecule has 0 bridgehead atoms. The number of aromatic nitrogens is 1. The number of benzene rings is 1. The van der Waals surface area contributed by atoms with Crippen molar-refractivity contribution < 1.29 is 18.8 Å². The highest BCUT2D eigenvalue weighted by Crippen LogP contribution is 2.21. The number of nitrogens with zero attached hydrogens (tertiary/aromatic N) is 2. The third-order valence-electron chi connectivity index (χ3n) is 3.74. The van der Waals surface area contributed by atoms with Crippen LogP contribution < -0.4 is 5.32 Å². The number of imide groups is 1. The van der Waals surface area contributed by atoms with E-state index in [1.54, 1.807) is 12.1 Å². The molecule has 1 N–H and O–H groups in total. The average Bonchev–Trinajstić information content (AvgIpc) is 2.84. The zero-order chi connectivity index (χ0) is 17.1. The topological polar surface area (TPSA) is 79.4 Å². The highest BCUT2D eigenvalue weighted by atomic mass is 19.1. The van der Waals surface area contributed by atoms with Gasteiger partial charge in [-0.1, -0.05) is 12.1 Å². The van der Waals surface area contributed by atoms with E-state index < -0.39 is 11.8 Å². The SMILES string of the molecule is O=C(CCN1C(=O)c2ccncc2C1=O)NCc1ccc(F)cc1. The Morgan fingerprint density at radius 1 is 1.08 bits per heavy atom. The molecule has 0 unspecified atom stereocenters. The summed E-state index contributed by atoms with van der Waals surface area (Å²) in [5, 5.41) is 2.67. The Hall–Kier alpha value is -3.09. The molecule has 2 aromatic rings. The Balaban J connectivity index is 1.53. The maximum Gasteiger partial charge on any atom is 0.263 e. The number of nitrogens with one attached hydrogen (secondary N) is 1. The number of pyridine rings is 1. The van der Waals surface area contributed by atoms with Gasteiger partial charge in [-0.15, -0.1) is 0 Å². The first-order chi connectivity index (χ1) is 11.6. The molecule has 24 heavy (non-hydrogen) atoms. The van der Waals surface area contributed by atoms with Crippen molar-refractivity contribution in [3.8, 4) is 0 Å². The van der Waals surface area contributed by atoms with E-state index in [4.69, 9.17) is 0 Å². The van der Waals surface area contributed by atoms with Crippen LogP contribution in [0, 0.1) is 5.82 Å². The smallest absolute Gasteiger partial charge is 0.263 e. The normalized spacial score (nSPS) is 13.1.